The van der Waals surface area contributed by atoms with Gasteiger partial charge in [-0.1, -0.05) is 54.0 Å². The molecule has 0 N–H and O–H groups in total. The maximum atomic E-state index is 13.5. The summed E-state index contributed by atoms with van der Waals surface area (Å²) < 4.78 is 28.5. The Morgan fingerprint density at radius 1 is 1.03 bits per heavy atom. The molecule has 0 fully saturated rings. The Balaban J connectivity index is 2.12. The van der Waals surface area contributed by atoms with Crippen LogP contribution in [0.4, 0.5) is 0 Å². The van der Waals surface area contributed by atoms with Gasteiger partial charge in [0.15, 0.2) is 0 Å². The van der Waals surface area contributed by atoms with Gasteiger partial charge < -0.3 is 0 Å². The molecule has 0 amide bonds. The molecule has 0 saturated heterocycles. The number of nitrogens with zero attached hydrogens (tertiary/aromatic N) is 1. The largest absolute Gasteiger partial charge is 0.264 e. The number of hydrogen-bond acceptors (Lipinski definition) is 2. The molecule has 1 aliphatic rings. The number of rotatable bonds is 4. The molecule has 0 unspecified atom stereocenters. The first kappa shape index (κ1) is 21.0. The fourth-order valence-corrected chi connectivity index (χ4v) is 4.94. The van der Waals surface area contributed by atoms with E-state index in [1.165, 1.54) is 4.31 Å². The lowest BCUT2D eigenvalue weighted by atomic mass is 10.0. The molecule has 0 spiro atoms. The third kappa shape index (κ3) is 5.19. The minimum atomic E-state index is -3.68. The highest BCUT2D eigenvalue weighted by molar-refractivity contribution is 7.89. The van der Waals surface area contributed by atoms with E-state index >= 15 is 0 Å². The molecule has 4 heteroatoms. The van der Waals surface area contributed by atoms with E-state index in [4.69, 9.17) is 0 Å². The number of benzene rings is 2. The Bertz CT molecular complexity index is 1070. The molecule has 0 bridgehead atoms. The van der Waals surface area contributed by atoms with Gasteiger partial charge in [0.2, 0.25) is 0 Å². The maximum Gasteiger partial charge on any atom is 0.264 e. The first-order chi connectivity index (χ1) is 13.9. The van der Waals surface area contributed by atoms with Crippen molar-refractivity contribution in [2.75, 3.05) is 6.54 Å². The van der Waals surface area contributed by atoms with Crippen molar-refractivity contribution in [3.63, 3.8) is 0 Å². The topological polar surface area (TPSA) is 37.4 Å². The lowest BCUT2D eigenvalue weighted by molar-refractivity contribution is 0.480. The zero-order valence-corrected chi connectivity index (χ0v) is 17.9. The van der Waals surface area contributed by atoms with Crippen molar-refractivity contribution >= 4 is 10.0 Å². The van der Waals surface area contributed by atoms with E-state index in [2.05, 4.69) is 18.4 Å². The molecule has 0 aliphatic carbocycles. The molecule has 2 aromatic carbocycles. The van der Waals surface area contributed by atoms with Crippen LogP contribution >= 0.6 is 0 Å². The van der Waals surface area contributed by atoms with Crippen molar-refractivity contribution < 1.29 is 8.42 Å². The van der Waals surface area contributed by atoms with Gasteiger partial charge in [-0.2, -0.15) is 0 Å². The Labute approximate surface area is 174 Å². The van der Waals surface area contributed by atoms with Crippen molar-refractivity contribution in [1.29, 1.82) is 0 Å². The van der Waals surface area contributed by atoms with Crippen LogP contribution in [0.3, 0.4) is 0 Å². The number of sulfonamides is 1. The first-order valence-corrected chi connectivity index (χ1v) is 11.3. The summed E-state index contributed by atoms with van der Waals surface area (Å²) in [5.74, 6) is 6.37. The summed E-state index contributed by atoms with van der Waals surface area (Å²) in [5, 5.41) is 0. The molecule has 0 radical (unpaired) electrons. The third-order valence-corrected chi connectivity index (χ3v) is 6.71. The normalized spacial score (nSPS) is 14.8. The summed E-state index contributed by atoms with van der Waals surface area (Å²) in [5.41, 5.74) is 4.56. The van der Waals surface area contributed by atoms with Crippen molar-refractivity contribution in [2.24, 2.45) is 0 Å². The molecule has 0 atom stereocenters. The minimum Gasteiger partial charge on any atom is -0.259 e. The summed E-state index contributed by atoms with van der Waals surface area (Å²) in [4.78, 5) is 0.304. The van der Waals surface area contributed by atoms with E-state index in [9.17, 15) is 8.42 Å². The van der Waals surface area contributed by atoms with Gasteiger partial charge in [0.1, 0.15) is 5.70 Å². The summed E-state index contributed by atoms with van der Waals surface area (Å²) in [6.45, 7) is 8.40. The van der Waals surface area contributed by atoms with Crippen LogP contribution in [0, 0.1) is 18.8 Å². The van der Waals surface area contributed by atoms with E-state index in [0.717, 1.165) is 41.5 Å². The van der Waals surface area contributed by atoms with Crippen molar-refractivity contribution in [3.8, 4) is 11.8 Å². The Hall–Kier alpha value is -2.77. The second-order valence-corrected chi connectivity index (χ2v) is 9.41. The lowest BCUT2D eigenvalue weighted by Gasteiger charge is -2.24. The minimum absolute atomic E-state index is 0.304. The summed E-state index contributed by atoms with van der Waals surface area (Å²) in [6.07, 6.45) is 3.25. The highest BCUT2D eigenvalue weighted by atomic mass is 32.2. The van der Waals surface area contributed by atoms with E-state index in [1.807, 2.05) is 56.3 Å². The van der Waals surface area contributed by atoms with Gasteiger partial charge in [0, 0.05) is 12.1 Å². The number of allylic oxidation sites excluding steroid dienone is 3. The molecular weight excluding hydrogens is 378 g/mol. The molecule has 0 saturated carbocycles. The Morgan fingerprint density at radius 2 is 1.72 bits per heavy atom. The van der Waals surface area contributed by atoms with Crippen LogP contribution in [0.15, 0.2) is 82.9 Å². The molecular formula is C25H27NO2S. The Kier molecular flexibility index (Phi) is 6.61. The van der Waals surface area contributed by atoms with Crippen LogP contribution < -0.4 is 0 Å². The van der Waals surface area contributed by atoms with Gasteiger partial charge in [0.05, 0.1) is 4.90 Å². The zero-order valence-electron chi connectivity index (χ0n) is 17.1. The van der Waals surface area contributed by atoms with Gasteiger partial charge in [-0.25, -0.2) is 8.42 Å². The van der Waals surface area contributed by atoms with Gasteiger partial charge in [-0.3, -0.25) is 4.31 Å². The zero-order chi connectivity index (χ0) is 20.9. The molecule has 0 aromatic heterocycles. The fourth-order valence-electron chi connectivity index (χ4n) is 3.42. The predicted molar refractivity (Wildman–Crippen MR) is 119 cm³/mol. The second-order valence-electron chi connectivity index (χ2n) is 7.55. The molecule has 3 rings (SSSR count). The van der Waals surface area contributed by atoms with E-state index in [0.29, 0.717) is 23.6 Å². The van der Waals surface area contributed by atoms with E-state index < -0.39 is 10.0 Å². The standard InChI is InChI=1S/C25H27NO2S/c1-20(2)19-23-11-7-8-18-26(25(23)17-14-22-9-5-4-6-10-22)29(27,28)24-15-12-21(3)13-16-24/h4-6,9-10,12-13,15-16H,1,7-8,11,18-19H2,2-3H3. The summed E-state index contributed by atoms with van der Waals surface area (Å²) >= 11 is 0. The average molecular weight is 406 g/mol. The highest BCUT2D eigenvalue weighted by Crippen LogP contribution is 2.30. The number of aryl methyl sites for hydroxylation is 1. The van der Waals surface area contributed by atoms with Crippen LogP contribution in [0.5, 0.6) is 0 Å². The lowest BCUT2D eigenvalue weighted by Crippen LogP contribution is -2.31. The molecule has 1 aliphatic heterocycles. The molecule has 150 valence electrons. The van der Waals surface area contributed by atoms with Gasteiger partial charge in [-0.05, 0) is 75.3 Å². The smallest absolute Gasteiger partial charge is 0.259 e. The first-order valence-electron chi connectivity index (χ1n) is 9.91. The number of hydrogen-bond donors (Lipinski definition) is 0. The van der Waals surface area contributed by atoms with Crippen LogP contribution in [0.2, 0.25) is 0 Å². The van der Waals surface area contributed by atoms with Gasteiger partial charge in [-0.15, -0.1) is 0 Å². The Morgan fingerprint density at radius 3 is 2.38 bits per heavy atom. The molecule has 3 nitrogen and oxygen atoms in total. The predicted octanol–water partition coefficient (Wildman–Crippen LogP) is 5.44. The molecule has 29 heavy (non-hydrogen) atoms. The summed E-state index contributed by atoms with van der Waals surface area (Å²) in [6, 6.07) is 16.7. The monoisotopic (exact) mass is 405 g/mol. The van der Waals surface area contributed by atoms with E-state index in [1.54, 1.807) is 12.1 Å². The van der Waals surface area contributed by atoms with Crippen molar-refractivity contribution in [2.45, 2.75) is 44.4 Å². The SMILES string of the molecule is C=C(C)CC1=C(C#Cc2ccccc2)N(S(=O)(=O)c2ccc(C)cc2)CCCC1. The van der Waals surface area contributed by atoms with Crippen LogP contribution in [0.1, 0.15) is 43.7 Å². The molecule has 1 heterocycles. The fraction of sp³-hybridized carbons (Fsp3) is 0.280. The van der Waals surface area contributed by atoms with E-state index in [-0.39, 0.29) is 0 Å². The molecule has 2 aromatic rings. The van der Waals surface area contributed by atoms with Crippen molar-refractivity contribution in [3.05, 3.63) is 89.1 Å². The van der Waals surface area contributed by atoms with Gasteiger partial charge in [0.25, 0.3) is 10.0 Å². The maximum absolute atomic E-state index is 13.5. The van der Waals surface area contributed by atoms with Crippen LogP contribution in [0.25, 0.3) is 0 Å². The van der Waals surface area contributed by atoms with Crippen molar-refractivity contribution in [1.82, 2.24) is 4.31 Å². The van der Waals surface area contributed by atoms with Gasteiger partial charge >= 0.3 is 0 Å². The van der Waals surface area contributed by atoms with Crippen LogP contribution in [-0.4, -0.2) is 19.3 Å². The second kappa shape index (κ2) is 9.15. The average Bonchev–Trinajstić information content (AvgIpc) is 2.89. The quantitative estimate of drug-likeness (QED) is 0.502. The van der Waals surface area contributed by atoms with Crippen LogP contribution in [-0.2, 0) is 10.0 Å². The third-order valence-electron chi connectivity index (χ3n) is 4.90. The highest BCUT2D eigenvalue weighted by Gasteiger charge is 2.29. The summed E-state index contributed by atoms with van der Waals surface area (Å²) in [7, 11) is -3.68.